The molecular weight excluding hydrogens is 318 g/mol. The van der Waals surface area contributed by atoms with Gasteiger partial charge in [-0.2, -0.15) is 11.3 Å². The van der Waals surface area contributed by atoms with Crippen molar-refractivity contribution in [2.24, 2.45) is 12.5 Å². The summed E-state index contributed by atoms with van der Waals surface area (Å²) < 4.78 is 2.21. The van der Waals surface area contributed by atoms with Crippen molar-refractivity contribution in [3.05, 3.63) is 46.4 Å². The number of aryl methyl sites for hydroxylation is 1. The zero-order chi connectivity index (χ0) is 16.6. The minimum absolute atomic E-state index is 0.219. The van der Waals surface area contributed by atoms with Gasteiger partial charge in [-0.15, -0.1) is 0 Å². The standard InChI is InChI=1S/C19H25N3OS/c1-20-8-2-4-17(20)12-21-10-7-19(14-21)6-3-9-22(15-19)18(23)16-5-11-24-13-16/h2,4-5,8,11,13H,3,6-7,9-10,12,14-15H2,1H3. The van der Waals surface area contributed by atoms with E-state index in [0.29, 0.717) is 5.41 Å². The summed E-state index contributed by atoms with van der Waals surface area (Å²) in [4.78, 5) is 17.4. The second-order valence-corrected chi connectivity index (χ2v) is 8.19. The third kappa shape index (κ3) is 3.03. The van der Waals surface area contributed by atoms with Gasteiger partial charge in [-0.1, -0.05) is 0 Å². The van der Waals surface area contributed by atoms with Crippen LogP contribution in [0.3, 0.4) is 0 Å². The molecule has 0 aliphatic carbocycles. The Morgan fingerprint density at radius 3 is 2.92 bits per heavy atom. The van der Waals surface area contributed by atoms with Gasteiger partial charge in [0.2, 0.25) is 0 Å². The topological polar surface area (TPSA) is 28.5 Å². The van der Waals surface area contributed by atoms with E-state index >= 15 is 0 Å². The fourth-order valence-electron chi connectivity index (χ4n) is 4.34. The molecule has 5 heteroatoms. The van der Waals surface area contributed by atoms with Gasteiger partial charge in [0.15, 0.2) is 0 Å². The Hall–Kier alpha value is -1.59. The molecule has 0 bridgehead atoms. The van der Waals surface area contributed by atoms with Crippen LogP contribution >= 0.6 is 11.3 Å². The number of carbonyl (C=O) groups is 1. The Labute approximate surface area is 147 Å². The lowest BCUT2D eigenvalue weighted by Crippen LogP contribution is -2.47. The molecule has 4 rings (SSSR count). The molecule has 2 aromatic rings. The lowest BCUT2D eigenvalue weighted by Gasteiger charge is -2.40. The van der Waals surface area contributed by atoms with Gasteiger partial charge in [-0.25, -0.2) is 0 Å². The van der Waals surface area contributed by atoms with Crippen LogP contribution < -0.4 is 0 Å². The summed E-state index contributed by atoms with van der Waals surface area (Å²) in [5.74, 6) is 0.219. The number of nitrogens with zero attached hydrogens (tertiary/aromatic N) is 3. The van der Waals surface area contributed by atoms with Crippen LogP contribution in [0.4, 0.5) is 0 Å². The van der Waals surface area contributed by atoms with Crippen LogP contribution in [-0.2, 0) is 13.6 Å². The Kier molecular flexibility index (Phi) is 4.22. The van der Waals surface area contributed by atoms with E-state index in [1.807, 2.05) is 16.8 Å². The van der Waals surface area contributed by atoms with E-state index in [1.54, 1.807) is 11.3 Å². The Balaban J connectivity index is 1.42. The summed E-state index contributed by atoms with van der Waals surface area (Å²) in [5.41, 5.74) is 2.53. The van der Waals surface area contributed by atoms with Crippen LogP contribution in [0.15, 0.2) is 35.2 Å². The van der Waals surface area contributed by atoms with Crippen molar-refractivity contribution in [2.75, 3.05) is 26.2 Å². The Morgan fingerprint density at radius 1 is 1.25 bits per heavy atom. The predicted molar refractivity (Wildman–Crippen MR) is 97.2 cm³/mol. The molecule has 2 saturated heterocycles. The smallest absolute Gasteiger partial charge is 0.254 e. The Morgan fingerprint density at radius 2 is 2.17 bits per heavy atom. The molecule has 1 spiro atoms. The van der Waals surface area contributed by atoms with Crippen molar-refractivity contribution in [2.45, 2.75) is 25.8 Å². The van der Waals surface area contributed by atoms with Crippen molar-refractivity contribution >= 4 is 17.2 Å². The zero-order valence-corrected chi connectivity index (χ0v) is 15.1. The molecule has 4 nitrogen and oxygen atoms in total. The molecule has 1 amide bonds. The van der Waals surface area contributed by atoms with Crippen LogP contribution in [0.2, 0.25) is 0 Å². The largest absolute Gasteiger partial charge is 0.353 e. The highest BCUT2D eigenvalue weighted by Crippen LogP contribution is 2.39. The second kappa shape index (κ2) is 6.37. The minimum Gasteiger partial charge on any atom is -0.353 e. The summed E-state index contributed by atoms with van der Waals surface area (Å²) in [6, 6.07) is 6.27. The lowest BCUT2D eigenvalue weighted by atomic mass is 9.79. The number of likely N-dealkylation sites (tertiary alicyclic amines) is 2. The number of rotatable bonds is 3. The fraction of sp³-hybridized carbons (Fsp3) is 0.526. The summed E-state index contributed by atoms with van der Waals surface area (Å²) in [7, 11) is 2.11. The molecule has 4 heterocycles. The Bertz CT molecular complexity index is 708. The van der Waals surface area contributed by atoms with Crippen molar-refractivity contribution in [3.8, 4) is 0 Å². The molecule has 2 fully saturated rings. The molecule has 0 N–H and O–H groups in total. The first-order valence-electron chi connectivity index (χ1n) is 8.79. The molecule has 0 aromatic carbocycles. The minimum atomic E-state index is 0.219. The molecule has 1 atom stereocenters. The maximum Gasteiger partial charge on any atom is 0.254 e. The van der Waals surface area contributed by atoms with Gasteiger partial charge < -0.3 is 9.47 Å². The summed E-state index contributed by atoms with van der Waals surface area (Å²) in [6.45, 7) is 5.11. The number of amides is 1. The SMILES string of the molecule is Cn1cccc1CN1CCC2(CCCN(C(=O)c3ccsc3)C2)C1. The molecule has 0 radical (unpaired) electrons. The van der Waals surface area contributed by atoms with Gasteiger partial charge in [0.25, 0.3) is 5.91 Å². The van der Waals surface area contributed by atoms with Gasteiger partial charge in [0, 0.05) is 55.9 Å². The number of piperidine rings is 1. The first kappa shape index (κ1) is 15.9. The van der Waals surface area contributed by atoms with Crippen LogP contribution in [0.1, 0.15) is 35.3 Å². The lowest BCUT2D eigenvalue weighted by molar-refractivity contribution is 0.0527. The van der Waals surface area contributed by atoms with Crippen molar-refractivity contribution in [1.82, 2.24) is 14.4 Å². The zero-order valence-electron chi connectivity index (χ0n) is 14.3. The molecule has 0 saturated carbocycles. The molecule has 2 aliphatic rings. The first-order valence-corrected chi connectivity index (χ1v) is 9.74. The summed E-state index contributed by atoms with van der Waals surface area (Å²) >= 11 is 1.60. The number of hydrogen-bond donors (Lipinski definition) is 0. The van der Waals surface area contributed by atoms with E-state index in [9.17, 15) is 4.79 Å². The number of aromatic nitrogens is 1. The van der Waals surface area contributed by atoms with Gasteiger partial charge in [0.1, 0.15) is 0 Å². The van der Waals surface area contributed by atoms with E-state index in [0.717, 1.165) is 44.7 Å². The number of thiophene rings is 1. The molecular formula is C19H25N3OS. The fourth-order valence-corrected chi connectivity index (χ4v) is 4.97. The molecule has 1 unspecified atom stereocenters. The van der Waals surface area contributed by atoms with Crippen LogP contribution in [-0.4, -0.2) is 46.5 Å². The van der Waals surface area contributed by atoms with Crippen LogP contribution in [0.25, 0.3) is 0 Å². The summed E-state index contributed by atoms with van der Waals surface area (Å²) in [6.07, 6.45) is 5.71. The van der Waals surface area contributed by atoms with E-state index in [1.165, 1.54) is 18.5 Å². The molecule has 2 aromatic heterocycles. The van der Waals surface area contributed by atoms with E-state index in [4.69, 9.17) is 0 Å². The van der Waals surface area contributed by atoms with Gasteiger partial charge in [0.05, 0.1) is 5.56 Å². The third-order valence-electron chi connectivity index (χ3n) is 5.67. The average molecular weight is 343 g/mol. The van der Waals surface area contributed by atoms with Crippen LogP contribution in [0.5, 0.6) is 0 Å². The third-order valence-corrected chi connectivity index (χ3v) is 6.35. The highest BCUT2D eigenvalue weighted by Gasteiger charge is 2.42. The first-order chi connectivity index (χ1) is 11.7. The quantitative estimate of drug-likeness (QED) is 0.856. The van der Waals surface area contributed by atoms with Crippen molar-refractivity contribution in [1.29, 1.82) is 0 Å². The number of carbonyl (C=O) groups excluding carboxylic acids is 1. The van der Waals surface area contributed by atoms with E-state index < -0.39 is 0 Å². The van der Waals surface area contributed by atoms with Gasteiger partial charge in [-0.05, 0) is 49.4 Å². The predicted octanol–water partition coefficient (Wildman–Crippen LogP) is 3.21. The van der Waals surface area contributed by atoms with Crippen molar-refractivity contribution in [3.63, 3.8) is 0 Å². The monoisotopic (exact) mass is 343 g/mol. The van der Waals surface area contributed by atoms with E-state index in [-0.39, 0.29) is 5.91 Å². The second-order valence-electron chi connectivity index (χ2n) is 7.41. The maximum atomic E-state index is 12.7. The average Bonchev–Trinajstić information content (AvgIpc) is 3.31. The highest BCUT2D eigenvalue weighted by atomic mass is 32.1. The van der Waals surface area contributed by atoms with Gasteiger partial charge >= 0.3 is 0 Å². The van der Waals surface area contributed by atoms with Crippen molar-refractivity contribution < 1.29 is 4.79 Å². The highest BCUT2D eigenvalue weighted by molar-refractivity contribution is 7.08. The maximum absolute atomic E-state index is 12.7. The molecule has 2 aliphatic heterocycles. The molecule has 24 heavy (non-hydrogen) atoms. The van der Waals surface area contributed by atoms with E-state index in [2.05, 4.69) is 39.7 Å². The normalized spacial score (nSPS) is 24.8. The summed E-state index contributed by atoms with van der Waals surface area (Å²) in [5, 5.41) is 3.96. The van der Waals surface area contributed by atoms with Gasteiger partial charge in [-0.3, -0.25) is 9.69 Å². The number of hydrogen-bond acceptors (Lipinski definition) is 3. The molecule has 128 valence electrons. The van der Waals surface area contributed by atoms with Crippen LogP contribution in [0, 0.1) is 5.41 Å².